The van der Waals surface area contributed by atoms with Crippen LogP contribution in [-0.2, 0) is 7.05 Å². The Kier molecular flexibility index (Phi) is 4.16. The van der Waals surface area contributed by atoms with Crippen LogP contribution in [0.15, 0.2) is 41.1 Å². The lowest BCUT2D eigenvalue weighted by Crippen LogP contribution is -2.27. The highest BCUT2D eigenvalue weighted by atomic mass is 19.1. The topological polar surface area (TPSA) is 73.0 Å². The Labute approximate surface area is 138 Å². The van der Waals surface area contributed by atoms with Gasteiger partial charge in [-0.05, 0) is 38.1 Å². The molecule has 24 heavy (non-hydrogen) atoms. The van der Waals surface area contributed by atoms with Crippen LogP contribution in [0.5, 0.6) is 0 Å². The molecule has 0 aliphatic carbocycles. The summed E-state index contributed by atoms with van der Waals surface area (Å²) in [5, 5.41) is 10.8. The van der Waals surface area contributed by atoms with Crippen molar-refractivity contribution in [2.75, 3.05) is 0 Å². The van der Waals surface area contributed by atoms with E-state index < -0.39 is 0 Å². The highest BCUT2D eigenvalue weighted by Gasteiger charge is 2.18. The van der Waals surface area contributed by atoms with Crippen LogP contribution in [-0.4, -0.2) is 20.8 Å². The summed E-state index contributed by atoms with van der Waals surface area (Å²) < 4.78 is 19.9. The van der Waals surface area contributed by atoms with Crippen molar-refractivity contribution in [2.24, 2.45) is 7.05 Å². The van der Waals surface area contributed by atoms with Gasteiger partial charge in [0.2, 0.25) is 0 Å². The quantitative estimate of drug-likeness (QED) is 0.799. The number of benzene rings is 1. The van der Waals surface area contributed by atoms with Gasteiger partial charge in [-0.2, -0.15) is 5.10 Å². The fourth-order valence-electron chi connectivity index (χ4n) is 2.42. The number of halogens is 1. The van der Waals surface area contributed by atoms with Crippen LogP contribution in [0.1, 0.15) is 34.7 Å². The molecular formula is C17H17FN4O2. The van der Waals surface area contributed by atoms with Gasteiger partial charge in [0, 0.05) is 29.9 Å². The average Bonchev–Trinajstić information content (AvgIpc) is 3.16. The number of carbonyl (C=O) groups excluding carboxylic acids is 1. The van der Waals surface area contributed by atoms with E-state index in [2.05, 4.69) is 15.6 Å². The minimum Gasteiger partial charge on any atom is -0.355 e. The minimum absolute atomic E-state index is 0.169. The molecule has 0 radical (unpaired) electrons. The van der Waals surface area contributed by atoms with E-state index in [1.165, 1.54) is 18.2 Å². The van der Waals surface area contributed by atoms with Crippen molar-refractivity contribution in [3.05, 3.63) is 59.3 Å². The molecule has 1 N–H and O–H groups in total. The predicted octanol–water partition coefficient (Wildman–Crippen LogP) is 3.01. The van der Waals surface area contributed by atoms with Gasteiger partial charge in [0.1, 0.15) is 5.82 Å². The third-order valence-corrected chi connectivity index (χ3v) is 3.96. The number of nitrogens with one attached hydrogen (secondary N) is 1. The van der Waals surface area contributed by atoms with Crippen molar-refractivity contribution in [3.63, 3.8) is 0 Å². The highest BCUT2D eigenvalue weighted by Crippen LogP contribution is 2.21. The molecule has 7 heteroatoms. The summed E-state index contributed by atoms with van der Waals surface area (Å²) in [5.41, 5.74) is 2.74. The van der Waals surface area contributed by atoms with Gasteiger partial charge in [-0.15, -0.1) is 0 Å². The lowest BCUT2D eigenvalue weighted by molar-refractivity contribution is 0.0930. The summed E-state index contributed by atoms with van der Waals surface area (Å²) >= 11 is 0. The first-order chi connectivity index (χ1) is 11.5. The van der Waals surface area contributed by atoms with Crippen LogP contribution in [0.25, 0.3) is 11.3 Å². The molecule has 1 unspecified atom stereocenters. The third kappa shape index (κ3) is 3.05. The van der Waals surface area contributed by atoms with E-state index in [0.717, 1.165) is 11.3 Å². The fourth-order valence-corrected chi connectivity index (χ4v) is 2.42. The van der Waals surface area contributed by atoms with E-state index >= 15 is 0 Å². The van der Waals surface area contributed by atoms with E-state index in [1.54, 1.807) is 23.0 Å². The molecule has 2 heterocycles. The maximum absolute atomic E-state index is 13.0. The van der Waals surface area contributed by atoms with Crippen LogP contribution < -0.4 is 5.32 Å². The zero-order valence-electron chi connectivity index (χ0n) is 13.6. The van der Waals surface area contributed by atoms with Gasteiger partial charge >= 0.3 is 0 Å². The second-order valence-corrected chi connectivity index (χ2v) is 5.59. The summed E-state index contributed by atoms with van der Waals surface area (Å²) in [5.74, 6) is -0.273. The van der Waals surface area contributed by atoms with E-state index in [4.69, 9.17) is 4.52 Å². The zero-order chi connectivity index (χ0) is 17.3. The standard InChI is InChI=1S/C17H17FN4O2/c1-10(14-9-19-22(3)11(14)2)20-17(23)15-8-16(24-21-15)12-4-6-13(18)7-5-12/h4-10H,1-3H3,(H,20,23). The Hall–Kier alpha value is -2.96. The van der Waals surface area contributed by atoms with Gasteiger partial charge in [0.15, 0.2) is 11.5 Å². The molecule has 2 aromatic heterocycles. The van der Waals surface area contributed by atoms with Crippen molar-refractivity contribution < 1.29 is 13.7 Å². The molecular weight excluding hydrogens is 311 g/mol. The van der Waals surface area contributed by atoms with Crippen molar-refractivity contribution in [1.82, 2.24) is 20.3 Å². The van der Waals surface area contributed by atoms with Crippen molar-refractivity contribution in [2.45, 2.75) is 19.9 Å². The minimum atomic E-state index is -0.345. The first kappa shape index (κ1) is 15.9. The summed E-state index contributed by atoms with van der Waals surface area (Å²) in [6, 6.07) is 7.11. The van der Waals surface area contributed by atoms with Crippen LogP contribution in [0.2, 0.25) is 0 Å². The summed E-state index contributed by atoms with van der Waals surface area (Å²) in [6.45, 7) is 3.82. The number of hydrogen-bond donors (Lipinski definition) is 1. The SMILES string of the molecule is Cc1c(C(C)NC(=O)c2cc(-c3ccc(F)cc3)on2)cnn1C. The van der Waals surface area contributed by atoms with E-state index in [0.29, 0.717) is 11.3 Å². The summed E-state index contributed by atoms with van der Waals surface area (Å²) in [7, 11) is 1.85. The van der Waals surface area contributed by atoms with Crippen LogP contribution in [0.3, 0.4) is 0 Å². The Balaban J connectivity index is 1.74. The fraction of sp³-hybridized carbons (Fsp3) is 0.235. The monoisotopic (exact) mass is 328 g/mol. The molecule has 0 aliphatic rings. The molecule has 6 nitrogen and oxygen atoms in total. The number of rotatable bonds is 4. The van der Waals surface area contributed by atoms with Gasteiger partial charge in [0.05, 0.1) is 12.2 Å². The number of nitrogens with zero attached hydrogens (tertiary/aromatic N) is 3. The lowest BCUT2D eigenvalue weighted by Gasteiger charge is -2.12. The first-order valence-corrected chi connectivity index (χ1v) is 7.47. The molecule has 3 rings (SSSR count). The van der Waals surface area contributed by atoms with Gasteiger partial charge in [-0.3, -0.25) is 9.48 Å². The highest BCUT2D eigenvalue weighted by molar-refractivity contribution is 5.93. The molecule has 0 fully saturated rings. The smallest absolute Gasteiger partial charge is 0.273 e. The average molecular weight is 328 g/mol. The van der Waals surface area contributed by atoms with Crippen molar-refractivity contribution in [3.8, 4) is 11.3 Å². The summed E-state index contributed by atoms with van der Waals surface area (Å²) in [4.78, 5) is 12.3. The first-order valence-electron chi connectivity index (χ1n) is 7.47. The third-order valence-electron chi connectivity index (χ3n) is 3.96. The molecule has 3 aromatic rings. The molecule has 0 spiro atoms. The zero-order valence-corrected chi connectivity index (χ0v) is 13.6. The number of amides is 1. The Bertz CT molecular complexity index is 867. The molecule has 1 amide bonds. The molecule has 124 valence electrons. The maximum Gasteiger partial charge on any atom is 0.273 e. The second kappa shape index (κ2) is 6.27. The number of aromatic nitrogens is 3. The van der Waals surface area contributed by atoms with Crippen LogP contribution in [0.4, 0.5) is 4.39 Å². The summed E-state index contributed by atoms with van der Waals surface area (Å²) in [6.07, 6.45) is 1.73. The van der Waals surface area contributed by atoms with E-state index in [-0.39, 0.29) is 23.5 Å². The van der Waals surface area contributed by atoms with Crippen molar-refractivity contribution >= 4 is 5.91 Å². The molecule has 0 saturated heterocycles. The van der Waals surface area contributed by atoms with Gasteiger partial charge in [-0.25, -0.2) is 4.39 Å². The molecule has 0 saturated carbocycles. The number of carbonyl (C=O) groups is 1. The molecule has 1 aromatic carbocycles. The Morgan fingerprint density at radius 3 is 2.67 bits per heavy atom. The van der Waals surface area contributed by atoms with Crippen LogP contribution >= 0.6 is 0 Å². The van der Waals surface area contributed by atoms with E-state index in [9.17, 15) is 9.18 Å². The normalized spacial score (nSPS) is 12.2. The molecule has 0 aliphatic heterocycles. The molecule has 0 bridgehead atoms. The Morgan fingerprint density at radius 2 is 2.04 bits per heavy atom. The number of hydrogen-bond acceptors (Lipinski definition) is 4. The lowest BCUT2D eigenvalue weighted by atomic mass is 10.1. The predicted molar refractivity (Wildman–Crippen MR) is 85.7 cm³/mol. The Morgan fingerprint density at radius 1 is 1.33 bits per heavy atom. The van der Waals surface area contributed by atoms with Crippen LogP contribution in [0, 0.1) is 12.7 Å². The second-order valence-electron chi connectivity index (χ2n) is 5.59. The maximum atomic E-state index is 13.0. The van der Waals surface area contributed by atoms with Gasteiger partial charge in [-0.1, -0.05) is 5.16 Å². The largest absolute Gasteiger partial charge is 0.355 e. The van der Waals surface area contributed by atoms with Crippen molar-refractivity contribution in [1.29, 1.82) is 0 Å². The van der Waals surface area contributed by atoms with E-state index in [1.807, 2.05) is 20.9 Å². The van der Waals surface area contributed by atoms with Gasteiger partial charge in [0.25, 0.3) is 5.91 Å². The van der Waals surface area contributed by atoms with Gasteiger partial charge < -0.3 is 9.84 Å². The number of aryl methyl sites for hydroxylation is 1. The molecule has 1 atom stereocenters.